The molecule has 4 atom stereocenters. The third kappa shape index (κ3) is 5.01. The number of carboxylic acids is 1. The number of rotatable bonds is 8. The normalized spacial score (nSPS) is 28.8. The molecule has 0 aromatic carbocycles. The van der Waals surface area contributed by atoms with E-state index in [2.05, 4.69) is 19.2 Å². The fourth-order valence-electron chi connectivity index (χ4n) is 4.35. The first kappa shape index (κ1) is 16.3. The number of amides is 1. The molecular weight excluding hydrogens is 266 g/mol. The summed E-state index contributed by atoms with van der Waals surface area (Å²) in [5.74, 6) is 2.06. The Kier molecular flexibility index (Phi) is 5.65. The van der Waals surface area contributed by atoms with Crippen LogP contribution >= 0.6 is 0 Å². The fourth-order valence-corrected chi connectivity index (χ4v) is 4.35. The average Bonchev–Trinajstić information content (AvgIpc) is 2.96. The average molecular weight is 295 g/mol. The van der Waals surface area contributed by atoms with Crippen LogP contribution in [-0.4, -0.2) is 23.5 Å². The summed E-state index contributed by atoms with van der Waals surface area (Å²) in [7, 11) is 0. The Balaban J connectivity index is 1.72. The molecule has 2 rings (SSSR count). The second-order valence-corrected chi connectivity index (χ2v) is 7.54. The highest BCUT2D eigenvalue weighted by Gasteiger charge is 2.40. The van der Waals surface area contributed by atoms with Gasteiger partial charge in [0.1, 0.15) is 0 Å². The second-order valence-electron chi connectivity index (χ2n) is 7.54. The molecule has 4 nitrogen and oxygen atoms in total. The van der Waals surface area contributed by atoms with Crippen molar-refractivity contribution < 1.29 is 14.7 Å². The summed E-state index contributed by atoms with van der Waals surface area (Å²) >= 11 is 0. The predicted octanol–water partition coefficient (Wildman–Crippen LogP) is 3.07. The summed E-state index contributed by atoms with van der Waals surface area (Å²) in [5.41, 5.74) is 0. The van der Waals surface area contributed by atoms with Crippen molar-refractivity contribution in [3.63, 3.8) is 0 Å². The van der Waals surface area contributed by atoms with Crippen molar-refractivity contribution in [2.45, 2.75) is 58.8 Å². The maximum atomic E-state index is 12.1. The van der Waals surface area contributed by atoms with E-state index < -0.39 is 5.97 Å². The van der Waals surface area contributed by atoms with Gasteiger partial charge in [-0.1, -0.05) is 20.3 Å². The molecule has 4 heteroatoms. The summed E-state index contributed by atoms with van der Waals surface area (Å²) in [5, 5.41) is 11.9. The Hall–Kier alpha value is -1.06. The van der Waals surface area contributed by atoms with Gasteiger partial charge in [-0.05, 0) is 55.3 Å². The van der Waals surface area contributed by atoms with Crippen LogP contribution in [0.2, 0.25) is 0 Å². The number of hydrogen-bond donors (Lipinski definition) is 2. The molecule has 0 spiro atoms. The molecule has 0 radical (unpaired) electrons. The van der Waals surface area contributed by atoms with Crippen molar-refractivity contribution in [3.8, 4) is 0 Å². The smallest absolute Gasteiger partial charge is 0.303 e. The van der Waals surface area contributed by atoms with Crippen molar-refractivity contribution in [1.82, 2.24) is 5.32 Å². The van der Waals surface area contributed by atoms with E-state index in [0.717, 1.165) is 18.3 Å². The van der Waals surface area contributed by atoms with Crippen LogP contribution < -0.4 is 5.32 Å². The van der Waals surface area contributed by atoms with E-state index in [1.165, 1.54) is 25.7 Å². The molecule has 2 aliphatic carbocycles. The van der Waals surface area contributed by atoms with Gasteiger partial charge in [-0.3, -0.25) is 9.59 Å². The number of carboxylic acid groups (broad SMARTS) is 1. The van der Waals surface area contributed by atoms with Gasteiger partial charge in [-0.15, -0.1) is 0 Å². The lowest BCUT2D eigenvalue weighted by molar-refractivity contribution is -0.138. The number of carbonyl (C=O) groups is 2. The molecule has 2 fully saturated rings. The number of aliphatic carboxylic acids is 1. The molecule has 1 amide bonds. The third-order valence-electron chi connectivity index (χ3n) is 5.19. The Morgan fingerprint density at radius 3 is 2.52 bits per heavy atom. The monoisotopic (exact) mass is 295 g/mol. The molecule has 0 aromatic heterocycles. The summed E-state index contributed by atoms with van der Waals surface area (Å²) in [6.45, 7) is 4.68. The first-order chi connectivity index (χ1) is 9.94. The van der Waals surface area contributed by atoms with Crippen LogP contribution in [-0.2, 0) is 9.59 Å². The van der Waals surface area contributed by atoms with Crippen LogP contribution in [0.25, 0.3) is 0 Å². The van der Waals surface area contributed by atoms with E-state index >= 15 is 0 Å². The highest BCUT2D eigenvalue weighted by Crippen LogP contribution is 2.49. The van der Waals surface area contributed by atoms with Crippen LogP contribution in [0.4, 0.5) is 0 Å². The lowest BCUT2D eigenvalue weighted by Crippen LogP contribution is -2.32. The Labute approximate surface area is 127 Å². The van der Waals surface area contributed by atoms with E-state index in [4.69, 9.17) is 5.11 Å². The maximum absolute atomic E-state index is 12.1. The van der Waals surface area contributed by atoms with Crippen LogP contribution in [0.1, 0.15) is 58.8 Å². The standard InChI is InChI=1S/C17H29NO3/c1-11(2)5-13(8-17(20)21)10-18-16(19)9-15-7-12-3-4-14(15)6-12/h11-15H,3-10H2,1-2H3,(H,18,19)(H,20,21)/t12?,13-,14?,15?/m0/s1. The minimum atomic E-state index is -0.775. The van der Waals surface area contributed by atoms with Gasteiger partial charge in [0.25, 0.3) is 0 Å². The van der Waals surface area contributed by atoms with Crippen molar-refractivity contribution in [3.05, 3.63) is 0 Å². The summed E-state index contributed by atoms with van der Waals surface area (Å²) in [6, 6.07) is 0. The van der Waals surface area contributed by atoms with Gasteiger partial charge in [0, 0.05) is 19.4 Å². The molecule has 2 saturated carbocycles. The van der Waals surface area contributed by atoms with E-state index in [1.54, 1.807) is 0 Å². The van der Waals surface area contributed by atoms with Crippen LogP contribution in [0.5, 0.6) is 0 Å². The topological polar surface area (TPSA) is 66.4 Å². The molecule has 0 aromatic rings. The molecule has 21 heavy (non-hydrogen) atoms. The molecule has 2 aliphatic rings. The highest BCUT2D eigenvalue weighted by atomic mass is 16.4. The minimum absolute atomic E-state index is 0.0477. The number of fused-ring (bicyclic) bond motifs is 2. The highest BCUT2D eigenvalue weighted by molar-refractivity contribution is 5.76. The number of hydrogen-bond acceptors (Lipinski definition) is 2. The van der Waals surface area contributed by atoms with E-state index in [-0.39, 0.29) is 18.2 Å². The van der Waals surface area contributed by atoms with Crippen molar-refractivity contribution in [1.29, 1.82) is 0 Å². The molecule has 0 aliphatic heterocycles. The van der Waals surface area contributed by atoms with Crippen LogP contribution in [0.3, 0.4) is 0 Å². The fraction of sp³-hybridized carbons (Fsp3) is 0.882. The SMILES string of the molecule is CC(C)C[C@H](CNC(=O)CC1CC2CCC1C2)CC(=O)O. The molecule has 0 saturated heterocycles. The van der Waals surface area contributed by atoms with Gasteiger partial charge in [-0.2, -0.15) is 0 Å². The summed E-state index contributed by atoms with van der Waals surface area (Å²) < 4.78 is 0. The summed E-state index contributed by atoms with van der Waals surface area (Å²) in [6.07, 6.45) is 6.85. The molecule has 0 heterocycles. The number of nitrogens with one attached hydrogen (secondary N) is 1. The quantitative estimate of drug-likeness (QED) is 0.723. The summed E-state index contributed by atoms with van der Waals surface area (Å²) in [4.78, 5) is 23.0. The Morgan fingerprint density at radius 2 is 2.00 bits per heavy atom. The molecule has 2 bridgehead atoms. The lowest BCUT2D eigenvalue weighted by Gasteiger charge is -2.22. The molecule has 2 N–H and O–H groups in total. The van der Waals surface area contributed by atoms with Gasteiger partial charge >= 0.3 is 5.97 Å². The van der Waals surface area contributed by atoms with Gasteiger partial charge in [0.2, 0.25) is 5.91 Å². The zero-order valence-corrected chi connectivity index (χ0v) is 13.3. The van der Waals surface area contributed by atoms with Gasteiger partial charge in [0.05, 0.1) is 0 Å². The van der Waals surface area contributed by atoms with Crippen molar-refractivity contribution >= 4 is 11.9 Å². The zero-order valence-electron chi connectivity index (χ0n) is 13.3. The van der Waals surface area contributed by atoms with Gasteiger partial charge in [0.15, 0.2) is 0 Å². The third-order valence-corrected chi connectivity index (χ3v) is 5.19. The van der Waals surface area contributed by atoms with Gasteiger partial charge in [-0.25, -0.2) is 0 Å². The van der Waals surface area contributed by atoms with E-state index in [1.807, 2.05) is 0 Å². The first-order valence-corrected chi connectivity index (χ1v) is 8.42. The molecule has 3 unspecified atom stereocenters. The largest absolute Gasteiger partial charge is 0.481 e. The Bertz CT molecular complexity index is 380. The van der Waals surface area contributed by atoms with Crippen LogP contribution in [0, 0.1) is 29.6 Å². The number of carbonyl (C=O) groups excluding carboxylic acids is 1. The van der Waals surface area contributed by atoms with E-state index in [9.17, 15) is 9.59 Å². The van der Waals surface area contributed by atoms with E-state index in [0.29, 0.717) is 24.8 Å². The molecular formula is C17H29NO3. The van der Waals surface area contributed by atoms with Crippen molar-refractivity contribution in [2.75, 3.05) is 6.54 Å². The minimum Gasteiger partial charge on any atom is -0.481 e. The second kappa shape index (κ2) is 7.28. The zero-order chi connectivity index (χ0) is 15.4. The predicted molar refractivity (Wildman–Crippen MR) is 81.8 cm³/mol. The first-order valence-electron chi connectivity index (χ1n) is 8.42. The van der Waals surface area contributed by atoms with Crippen LogP contribution in [0.15, 0.2) is 0 Å². The lowest BCUT2D eigenvalue weighted by atomic mass is 9.86. The van der Waals surface area contributed by atoms with Crippen molar-refractivity contribution in [2.24, 2.45) is 29.6 Å². The van der Waals surface area contributed by atoms with Gasteiger partial charge < -0.3 is 10.4 Å². The maximum Gasteiger partial charge on any atom is 0.303 e. The molecule has 120 valence electrons. The Morgan fingerprint density at radius 1 is 1.24 bits per heavy atom.